The lowest BCUT2D eigenvalue weighted by molar-refractivity contribution is -0.137. The minimum absolute atomic E-state index is 0.00110. The first kappa shape index (κ1) is 16.8. The van der Waals surface area contributed by atoms with Crippen molar-refractivity contribution < 1.29 is 18.0 Å². The van der Waals surface area contributed by atoms with Gasteiger partial charge >= 0.3 is 6.18 Å². The van der Waals surface area contributed by atoms with Gasteiger partial charge in [0.15, 0.2) is 0 Å². The Balaban J connectivity index is 1.66. The van der Waals surface area contributed by atoms with Crippen molar-refractivity contribution in [3.05, 3.63) is 35.4 Å². The number of amides is 1. The number of hydrogen-bond donors (Lipinski definition) is 1. The molecule has 0 unspecified atom stereocenters. The topological polar surface area (TPSA) is 32.3 Å². The summed E-state index contributed by atoms with van der Waals surface area (Å²) in [6.07, 6.45) is -0.881. The van der Waals surface area contributed by atoms with E-state index in [0.717, 1.165) is 37.3 Å². The van der Waals surface area contributed by atoms with E-state index >= 15 is 0 Å². The van der Waals surface area contributed by atoms with Gasteiger partial charge in [-0.1, -0.05) is 12.1 Å². The fourth-order valence-corrected chi connectivity index (χ4v) is 2.56. The van der Waals surface area contributed by atoms with Crippen molar-refractivity contribution in [1.82, 2.24) is 10.2 Å². The normalized spacial score (nSPS) is 16.0. The van der Waals surface area contributed by atoms with Crippen molar-refractivity contribution in [2.45, 2.75) is 31.9 Å². The molecule has 2 rings (SSSR count). The number of hydrogen-bond acceptors (Lipinski definition) is 2. The van der Waals surface area contributed by atoms with Crippen LogP contribution in [0.5, 0.6) is 0 Å². The molecule has 0 bridgehead atoms. The van der Waals surface area contributed by atoms with Crippen LogP contribution in [0.2, 0.25) is 0 Å². The summed E-state index contributed by atoms with van der Waals surface area (Å²) < 4.78 is 37.3. The zero-order valence-corrected chi connectivity index (χ0v) is 12.5. The highest BCUT2D eigenvalue weighted by Crippen LogP contribution is 2.29. The van der Waals surface area contributed by atoms with Crippen LogP contribution in [0.3, 0.4) is 0 Å². The number of carbonyl (C=O) groups is 1. The predicted molar refractivity (Wildman–Crippen MR) is 78.4 cm³/mol. The second kappa shape index (κ2) is 7.63. The molecule has 0 spiro atoms. The van der Waals surface area contributed by atoms with E-state index < -0.39 is 11.7 Å². The standard InChI is InChI=1S/C16H21F3N2O/c17-16(18,19)14-5-3-13(4-6-14)7-9-20-15(22)8-12-21-10-1-2-11-21/h3-6H,1-2,7-12H2,(H,20,22). The third-order valence-corrected chi connectivity index (χ3v) is 3.87. The molecule has 0 radical (unpaired) electrons. The Kier molecular flexibility index (Phi) is 5.83. The van der Waals surface area contributed by atoms with Gasteiger partial charge in [-0.2, -0.15) is 13.2 Å². The number of nitrogens with one attached hydrogen (secondary N) is 1. The van der Waals surface area contributed by atoms with Crippen molar-refractivity contribution in [1.29, 1.82) is 0 Å². The molecule has 1 saturated heterocycles. The molecule has 1 N–H and O–H groups in total. The zero-order valence-electron chi connectivity index (χ0n) is 12.5. The molecular weight excluding hydrogens is 293 g/mol. The lowest BCUT2D eigenvalue weighted by Gasteiger charge is -2.14. The third kappa shape index (κ3) is 5.33. The minimum Gasteiger partial charge on any atom is -0.356 e. The zero-order chi connectivity index (χ0) is 16.0. The lowest BCUT2D eigenvalue weighted by Crippen LogP contribution is -2.30. The first-order valence-electron chi connectivity index (χ1n) is 7.60. The summed E-state index contributed by atoms with van der Waals surface area (Å²) in [5, 5.41) is 2.81. The smallest absolute Gasteiger partial charge is 0.356 e. The third-order valence-electron chi connectivity index (χ3n) is 3.87. The van der Waals surface area contributed by atoms with Crippen molar-refractivity contribution in [2.24, 2.45) is 0 Å². The van der Waals surface area contributed by atoms with Crippen LogP contribution < -0.4 is 5.32 Å². The van der Waals surface area contributed by atoms with Crippen LogP contribution in [0.4, 0.5) is 13.2 Å². The molecule has 22 heavy (non-hydrogen) atoms. The maximum atomic E-state index is 12.4. The van der Waals surface area contributed by atoms with Crippen molar-refractivity contribution in [2.75, 3.05) is 26.2 Å². The minimum atomic E-state index is -4.30. The molecule has 0 aliphatic carbocycles. The Labute approximate surface area is 128 Å². The molecule has 6 heteroatoms. The molecular formula is C16H21F3N2O. The molecule has 0 atom stereocenters. The summed E-state index contributed by atoms with van der Waals surface area (Å²) in [7, 11) is 0. The Morgan fingerprint density at radius 2 is 1.77 bits per heavy atom. The summed E-state index contributed by atoms with van der Waals surface area (Å²) in [6, 6.07) is 5.06. The van der Waals surface area contributed by atoms with Gasteiger partial charge in [-0.05, 0) is 50.0 Å². The van der Waals surface area contributed by atoms with Crippen LogP contribution in [-0.2, 0) is 17.4 Å². The Hall–Kier alpha value is -1.56. The Morgan fingerprint density at radius 3 is 2.36 bits per heavy atom. The first-order chi connectivity index (χ1) is 10.4. The van der Waals surface area contributed by atoms with Crippen LogP contribution in [-0.4, -0.2) is 37.0 Å². The van der Waals surface area contributed by atoms with Crippen LogP contribution in [0, 0.1) is 0 Å². The van der Waals surface area contributed by atoms with Gasteiger partial charge in [0.2, 0.25) is 5.91 Å². The van der Waals surface area contributed by atoms with E-state index in [0.29, 0.717) is 19.4 Å². The second-order valence-electron chi connectivity index (χ2n) is 5.59. The quantitative estimate of drug-likeness (QED) is 0.876. The summed E-state index contributed by atoms with van der Waals surface area (Å²) in [5.41, 5.74) is 0.138. The van der Waals surface area contributed by atoms with E-state index in [1.807, 2.05) is 0 Å². The molecule has 1 aliphatic heterocycles. The van der Waals surface area contributed by atoms with E-state index in [4.69, 9.17) is 0 Å². The van der Waals surface area contributed by atoms with Crippen LogP contribution >= 0.6 is 0 Å². The van der Waals surface area contributed by atoms with Gasteiger partial charge in [-0.25, -0.2) is 0 Å². The first-order valence-corrected chi connectivity index (χ1v) is 7.60. The summed E-state index contributed by atoms with van der Waals surface area (Å²) in [6.45, 7) is 3.37. The van der Waals surface area contributed by atoms with Crippen molar-refractivity contribution in [3.63, 3.8) is 0 Å². The maximum Gasteiger partial charge on any atom is 0.416 e. The van der Waals surface area contributed by atoms with Gasteiger partial charge in [0.1, 0.15) is 0 Å². The predicted octanol–water partition coefficient (Wildman–Crippen LogP) is 2.85. The molecule has 0 saturated carbocycles. The van der Waals surface area contributed by atoms with Crippen molar-refractivity contribution in [3.8, 4) is 0 Å². The highest BCUT2D eigenvalue weighted by Gasteiger charge is 2.29. The largest absolute Gasteiger partial charge is 0.416 e. The molecule has 1 fully saturated rings. The second-order valence-corrected chi connectivity index (χ2v) is 5.59. The Morgan fingerprint density at radius 1 is 1.14 bits per heavy atom. The van der Waals surface area contributed by atoms with Gasteiger partial charge in [-0.3, -0.25) is 4.79 Å². The average molecular weight is 314 g/mol. The summed E-state index contributed by atoms with van der Waals surface area (Å²) >= 11 is 0. The van der Waals surface area contributed by atoms with E-state index in [1.165, 1.54) is 25.0 Å². The number of halogens is 3. The van der Waals surface area contributed by atoms with E-state index in [1.54, 1.807) is 0 Å². The molecule has 1 aromatic rings. The van der Waals surface area contributed by atoms with Crippen LogP contribution in [0.25, 0.3) is 0 Å². The average Bonchev–Trinajstić information content (AvgIpc) is 2.98. The lowest BCUT2D eigenvalue weighted by atomic mass is 10.1. The number of benzene rings is 1. The van der Waals surface area contributed by atoms with Crippen molar-refractivity contribution >= 4 is 5.91 Å². The number of alkyl halides is 3. The number of nitrogens with zero attached hydrogens (tertiary/aromatic N) is 1. The van der Waals surface area contributed by atoms with Gasteiger partial charge in [-0.15, -0.1) is 0 Å². The molecule has 1 aromatic carbocycles. The molecule has 1 amide bonds. The SMILES string of the molecule is O=C(CCN1CCCC1)NCCc1ccc(C(F)(F)F)cc1. The van der Waals surface area contributed by atoms with Gasteiger partial charge in [0.05, 0.1) is 5.56 Å². The summed E-state index contributed by atoms with van der Waals surface area (Å²) in [4.78, 5) is 14.0. The number of likely N-dealkylation sites (tertiary alicyclic amines) is 1. The molecule has 3 nitrogen and oxygen atoms in total. The van der Waals surface area contributed by atoms with E-state index in [9.17, 15) is 18.0 Å². The van der Waals surface area contributed by atoms with E-state index in [-0.39, 0.29) is 5.91 Å². The Bertz CT molecular complexity index is 479. The monoisotopic (exact) mass is 314 g/mol. The number of rotatable bonds is 6. The maximum absolute atomic E-state index is 12.4. The van der Waals surface area contributed by atoms with Gasteiger partial charge in [0.25, 0.3) is 0 Å². The molecule has 1 aliphatic rings. The van der Waals surface area contributed by atoms with E-state index in [2.05, 4.69) is 10.2 Å². The fourth-order valence-electron chi connectivity index (χ4n) is 2.56. The molecule has 122 valence electrons. The van der Waals surface area contributed by atoms with Gasteiger partial charge < -0.3 is 10.2 Å². The van der Waals surface area contributed by atoms with Crippen LogP contribution in [0.15, 0.2) is 24.3 Å². The highest BCUT2D eigenvalue weighted by molar-refractivity contribution is 5.76. The fraction of sp³-hybridized carbons (Fsp3) is 0.562. The number of carbonyl (C=O) groups excluding carboxylic acids is 1. The summed E-state index contributed by atoms with van der Waals surface area (Å²) in [5.74, 6) is -0.00110. The molecule has 1 heterocycles. The highest BCUT2D eigenvalue weighted by atomic mass is 19.4. The molecule has 0 aromatic heterocycles. The van der Waals surface area contributed by atoms with Crippen LogP contribution in [0.1, 0.15) is 30.4 Å². The van der Waals surface area contributed by atoms with Gasteiger partial charge in [0, 0.05) is 19.5 Å².